The molecule has 1 aromatic carbocycles. The predicted molar refractivity (Wildman–Crippen MR) is 74.2 cm³/mol. The number of benzene rings is 1. The van der Waals surface area contributed by atoms with Gasteiger partial charge in [0.1, 0.15) is 0 Å². The fourth-order valence-electron chi connectivity index (χ4n) is 1.55. The number of ketones is 1. The lowest BCUT2D eigenvalue weighted by atomic mass is 10.1. The second kappa shape index (κ2) is 5.50. The van der Waals surface area contributed by atoms with E-state index in [0.717, 1.165) is 4.47 Å². The Balaban J connectivity index is 2.30. The van der Waals surface area contributed by atoms with E-state index in [1.165, 1.54) is 10.6 Å². The average molecular weight is 327 g/mol. The fourth-order valence-corrected chi connectivity index (χ4v) is 2.17. The van der Waals surface area contributed by atoms with Gasteiger partial charge in [-0.1, -0.05) is 23.7 Å². The lowest BCUT2D eigenvalue weighted by Gasteiger charge is -2.06. The van der Waals surface area contributed by atoms with Crippen molar-refractivity contribution >= 4 is 33.3 Å². The molecule has 2 rings (SSSR count). The number of halogens is 2. The summed E-state index contributed by atoms with van der Waals surface area (Å²) >= 11 is 9.20. The molecule has 2 aromatic rings. The zero-order valence-corrected chi connectivity index (χ0v) is 11.6. The molecule has 0 N–H and O–H groups in total. The van der Waals surface area contributed by atoms with E-state index in [1.54, 1.807) is 36.5 Å². The third kappa shape index (κ3) is 2.89. The number of hydrogen-bond acceptors (Lipinski definition) is 2. The van der Waals surface area contributed by atoms with E-state index in [9.17, 15) is 9.59 Å². The van der Waals surface area contributed by atoms with Crippen LogP contribution in [0.15, 0.2) is 51.9 Å². The Hall–Kier alpha value is -1.39. The van der Waals surface area contributed by atoms with Crippen LogP contribution in [0.5, 0.6) is 0 Å². The molecule has 5 heteroatoms. The number of Topliss-reactive ketones (excluding diaryl/α,β-unsaturated/α-hetero) is 1. The standard InChI is InChI=1S/C13H9BrClNO2/c14-9-5-6-13(18)16(7-9)8-12(17)10-3-1-2-4-11(10)15/h1-7H,8H2. The number of nitrogens with zero attached hydrogens (tertiary/aromatic N) is 1. The normalized spacial score (nSPS) is 10.3. The molecule has 0 aliphatic rings. The van der Waals surface area contributed by atoms with Gasteiger partial charge in [-0.2, -0.15) is 0 Å². The third-order valence-corrected chi connectivity index (χ3v) is 3.23. The largest absolute Gasteiger partial charge is 0.307 e. The van der Waals surface area contributed by atoms with E-state index in [4.69, 9.17) is 11.6 Å². The highest BCUT2D eigenvalue weighted by atomic mass is 79.9. The minimum absolute atomic E-state index is 0.0258. The number of carbonyl (C=O) groups is 1. The van der Waals surface area contributed by atoms with Crippen molar-refractivity contribution in [1.82, 2.24) is 4.57 Å². The topological polar surface area (TPSA) is 39.1 Å². The Labute approximate surface area is 117 Å². The number of aromatic nitrogens is 1. The van der Waals surface area contributed by atoms with Gasteiger partial charge in [-0.05, 0) is 34.1 Å². The van der Waals surface area contributed by atoms with Crippen LogP contribution in [0.2, 0.25) is 5.02 Å². The van der Waals surface area contributed by atoms with Crippen LogP contribution in [0.3, 0.4) is 0 Å². The monoisotopic (exact) mass is 325 g/mol. The zero-order valence-electron chi connectivity index (χ0n) is 9.27. The van der Waals surface area contributed by atoms with Crippen molar-refractivity contribution in [3.8, 4) is 0 Å². The maximum absolute atomic E-state index is 12.0. The van der Waals surface area contributed by atoms with Crippen molar-refractivity contribution in [2.24, 2.45) is 0 Å². The van der Waals surface area contributed by atoms with E-state index in [2.05, 4.69) is 15.9 Å². The molecule has 0 fully saturated rings. The highest BCUT2D eigenvalue weighted by Gasteiger charge is 2.11. The Morgan fingerprint density at radius 1 is 1.22 bits per heavy atom. The van der Waals surface area contributed by atoms with Gasteiger partial charge in [-0.25, -0.2) is 0 Å². The average Bonchev–Trinajstić information content (AvgIpc) is 2.34. The van der Waals surface area contributed by atoms with Gasteiger partial charge in [0.25, 0.3) is 5.56 Å². The molecule has 0 aliphatic heterocycles. The summed E-state index contributed by atoms with van der Waals surface area (Å²) in [6, 6.07) is 9.84. The summed E-state index contributed by atoms with van der Waals surface area (Å²) in [5.74, 6) is -0.194. The number of hydrogen-bond donors (Lipinski definition) is 0. The van der Waals surface area contributed by atoms with Crippen LogP contribution >= 0.6 is 27.5 Å². The Morgan fingerprint density at radius 2 is 1.94 bits per heavy atom. The first-order valence-electron chi connectivity index (χ1n) is 5.21. The van der Waals surface area contributed by atoms with E-state index in [1.807, 2.05) is 0 Å². The molecule has 0 atom stereocenters. The Kier molecular flexibility index (Phi) is 3.99. The van der Waals surface area contributed by atoms with Gasteiger partial charge in [-0.3, -0.25) is 9.59 Å². The second-order valence-electron chi connectivity index (χ2n) is 3.72. The maximum atomic E-state index is 12.0. The van der Waals surface area contributed by atoms with E-state index in [0.29, 0.717) is 10.6 Å². The molecule has 0 bridgehead atoms. The summed E-state index contributed by atoms with van der Waals surface area (Å²) < 4.78 is 2.09. The fraction of sp³-hybridized carbons (Fsp3) is 0.0769. The molecule has 1 aromatic heterocycles. The molecule has 0 saturated heterocycles. The summed E-state index contributed by atoms with van der Waals surface area (Å²) in [6.07, 6.45) is 1.58. The molecular weight excluding hydrogens is 318 g/mol. The highest BCUT2D eigenvalue weighted by molar-refractivity contribution is 9.10. The first kappa shape index (κ1) is 13.1. The lowest BCUT2D eigenvalue weighted by molar-refractivity contribution is 0.0971. The summed E-state index contributed by atoms with van der Waals surface area (Å²) in [7, 11) is 0. The van der Waals surface area contributed by atoms with Crippen molar-refractivity contribution in [3.63, 3.8) is 0 Å². The molecular formula is C13H9BrClNO2. The molecule has 0 aliphatic carbocycles. The minimum Gasteiger partial charge on any atom is -0.307 e. The van der Waals surface area contributed by atoms with Crippen LogP contribution in [0.4, 0.5) is 0 Å². The molecule has 0 radical (unpaired) electrons. The highest BCUT2D eigenvalue weighted by Crippen LogP contribution is 2.16. The van der Waals surface area contributed by atoms with Gasteiger partial charge in [0.15, 0.2) is 5.78 Å². The SMILES string of the molecule is O=C(Cn1cc(Br)ccc1=O)c1ccccc1Cl. The summed E-state index contributed by atoms with van der Waals surface area (Å²) in [6.45, 7) is -0.0258. The number of pyridine rings is 1. The Bertz CT molecular complexity index is 651. The molecule has 0 amide bonds. The summed E-state index contributed by atoms with van der Waals surface area (Å²) in [4.78, 5) is 23.6. The molecule has 0 saturated carbocycles. The summed E-state index contributed by atoms with van der Waals surface area (Å²) in [5.41, 5.74) is 0.199. The van der Waals surface area contributed by atoms with Crippen molar-refractivity contribution < 1.29 is 4.79 Å². The maximum Gasteiger partial charge on any atom is 0.251 e. The lowest BCUT2D eigenvalue weighted by Crippen LogP contribution is -2.23. The van der Waals surface area contributed by atoms with Crippen molar-refractivity contribution in [2.45, 2.75) is 6.54 Å². The van der Waals surface area contributed by atoms with Crippen molar-refractivity contribution in [1.29, 1.82) is 0 Å². The van der Waals surface area contributed by atoms with Crippen LogP contribution in [0.1, 0.15) is 10.4 Å². The van der Waals surface area contributed by atoms with Gasteiger partial charge in [0, 0.05) is 22.3 Å². The van der Waals surface area contributed by atoms with E-state index >= 15 is 0 Å². The molecule has 1 heterocycles. The molecule has 0 unspecified atom stereocenters. The van der Waals surface area contributed by atoms with E-state index < -0.39 is 0 Å². The predicted octanol–water partition coefficient (Wildman–Crippen LogP) is 3.15. The molecule has 3 nitrogen and oxygen atoms in total. The Morgan fingerprint density at radius 3 is 2.67 bits per heavy atom. The molecule has 0 spiro atoms. The number of rotatable bonds is 3. The first-order valence-corrected chi connectivity index (χ1v) is 6.39. The van der Waals surface area contributed by atoms with Crippen LogP contribution in [-0.4, -0.2) is 10.4 Å². The second-order valence-corrected chi connectivity index (χ2v) is 5.04. The van der Waals surface area contributed by atoms with Crippen LogP contribution in [0.25, 0.3) is 0 Å². The smallest absolute Gasteiger partial charge is 0.251 e. The number of carbonyl (C=O) groups excluding carboxylic acids is 1. The van der Waals surface area contributed by atoms with Crippen LogP contribution in [-0.2, 0) is 6.54 Å². The summed E-state index contributed by atoms with van der Waals surface area (Å²) in [5, 5.41) is 0.394. The quantitative estimate of drug-likeness (QED) is 0.813. The van der Waals surface area contributed by atoms with Gasteiger partial charge in [0.2, 0.25) is 0 Å². The van der Waals surface area contributed by atoms with Gasteiger partial charge < -0.3 is 4.57 Å². The van der Waals surface area contributed by atoms with Gasteiger partial charge in [0.05, 0.1) is 11.6 Å². The van der Waals surface area contributed by atoms with Crippen molar-refractivity contribution in [2.75, 3.05) is 0 Å². The zero-order chi connectivity index (χ0) is 13.1. The van der Waals surface area contributed by atoms with Crippen molar-refractivity contribution in [3.05, 3.63) is 68.0 Å². The first-order chi connectivity index (χ1) is 8.58. The molecule has 92 valence electrons. The van der Waals surface area contributed by atoms with Crippen LogP contribution in [0, 0.1) is 0 Å². The van der Waals surface area contributed by atoms with Gasteiger partial charge in [-0.15, -0.1) is 0 Å². The van der Waals surface area contributed by atoms with Gasteiger partial charge >= 0.3 is 0 Å². The van der Waals surface area contributed by atoms with E-state index in [-0.39, 0.29) is 17.9 Å². The minimum atomic E-state index is -0.224. The van der Waals surface area contributed by atoms with Crippen LogP contribution < -0.4 is 5.56 Å². The molecule has 18 heavy (non-hydrogen) atoms. The third-order valence-electron chi connectivity index (χ3n) is 2.44.